The summed E-state index contributed by atoms with van der Waals surface area (Å²) in [6.07, 6.45) is 2.64. The number of hydrogen-bond donors (Lipinski definition) is 1. The lowest BCUT2D eigenvalue weighted by atomic mass is 9.97. The highest BCUT2D eigenvalue weighted by Crippen LogP contribution is 2.36. The van der Waals surface area contributed by atoms with Crippen molar-refractivity contribution in [2.75, 3.05) is 38.6 Å². The lowest BCUT2D eigenvalue weighted by Crippen LogP contribution is -2.38. The van der Waals surface area contributed by atoms with Crippen molar-refractivity contribution in [3.63, 3.8) is 0 Å². The van der Waals surface area contributed by atoms with Crippen molar-refractivity contribution in [2.24, 2.45) is 0 Å². The number of likely N-dealkylation sites (tertiary alicyclic amines) is 1. The molecule has 1 aromatic rings. The largest absolute Gasteiger partial charge is 0.497 e. The molecule has 0 bridgehead atoms. The minimum atomic E-state index is 0.653. The third-order valence-electron chi connectivity index (χ3n) is 3.98. The van der Waals surface area contributed by atoms with Crippen LogP contribution in [0.5, 0.6) is 5.75 Å². The topological polar surface area (TPSA) is 24.5 Å². The molecule has 0 radical (unpaired) electrons. The average molecular weight is 232 g/mol. The van der Waals surface area contributed by atoms with E-state index in [2.05, 4.69) is 22.3 Å². The van der Waals surface area contributed by atoms with Gasteiger partial charge < -0.3 is 15.0 Å². The number of rotatable bonds is 4. The SMILES string of the molecule is COc1ccc2c(c1)C(CCN1CCC1)CN2. The van der Waals surface area contributed by atoms with Gasteiger partial charge in [-0.1, -0.05) is 0 Å². The Kier molecular flexibility index (Phi) is 2.93. The van der Waals surface area contributed by atoms with Crippen LogP contribution in [0.2, 0.25) is 0 Å². The normalized spacial score (nSPS) is 22.8. The maximum absolute atomic E-state index is 5.31. The predicted octanol–water partition coefficient (Wildman–Crippen LogP) is 2.30. The van der Waals surface area contributed by atoms with E-state index in [1.54, 1.807) is 7.11 Å². The van der Waals surface area contributed by atoms with E-state index in [4.69, 9.17) is 4.74 Å². The Morgan fingerprint density at radius 3 is 3.00 bits per heavy atom. The molecule has 2 aliphatic heterocycles. The molecule has 0 amide bonds. The second kappa shape index (κ2) is 4.57. The summed E-state index contributed by atoms with van der Waals surface area (Å²) >= 11 is 0. The Labute approximate surface area is 103 Å². The average Bonchev–Trinajstić information content (AvgIpc) is 2.69. The monoisotopic (exact) mass is 232 g/mol. The van der Waals surface area contributed by atoms with Crippen LogP contribution in [0.1, 0.15) is 24.3 Å². The first-order valence-electron chi connectivity index (χ1n) is 6.51. The fourth-order valence-corrected chi connectivity index (χ4v) is 2.71. The number of hydrogen-bond acceptors (Lipinski definition) is 3. The van der Waals surface area contributed by atoms with Crippen LogP contribution in [0.15, 0.2) is 18.2 Å². The van der Waals surface area contributed by atoms with Gasteiger partial charge in [0.05, 0.1) is 7.11 Å². The van der Waals surface area contributed by atoms with Gasteiger partial charge in [-0.3, -0.25) is 0 Å². The molecule has 92 valence electrons. The summed E-state index contributed by atoms with van der Waals surface area (Å²) in [5, 5.41) is 3.49. The van der Waals surface area contributed by atoms with Crippen LogP contribution in [0.3, 0.4) is 0 Å². The number of ether oxygens (including phenoxy) is 1. The Balaban J connectivity index is 1.68. The van der Waals surface area contributed by atoms with E-state index in [9.17, 15) is 0 Å². The van der Waals surface area contributed by atoms with Crippen molar-refractivity contribution in [2.45, 2.75) is 18.8 Å². The number of fused-ring (bicyclic) bond motifs is 1. The third-order valence-corrected chi connectivity index (χ3v) is 3.98. The van der Waals surface area contributed by atoms with E-state index in [-0.39, 0.29) is 0 Å². The maximum atomic E-state index is 5.31. The lowest BCUT2D eigenvalue weighted by Gasteiger charge is -2.31. The zero-order valence-electron chi connectivity index (χ0n) is 10.4. The van der Waals surface area contributed by atoms with Gasteiger partial charge in [-0.05, 0) is 56.2 Å². The zero-order chi connectivity index (χ0) is 11.7. The minimum absolute atomic E-state index is 0.653. The summed E-state index contributed by atoms with van der Waals surface area (Å²) in [6, 6.07) is 6.36. The Hall–Kier alpha value is -1.22. The zero-order valence-corrected chi connectivity index (χ0v) is 10.4. The van der Waals surface area contributed by atoms with Crippen LogP contribution in [0, 0.1) is 0 Å². The summed E-state index contributed by atoms with van der Waals surface area (Å²) in [4.78, 5) is 2.54. The van der Waals surface area contributed by atoms with Gasteiger partial charge in [-0.2, -0.15) is 0 Å². The first kappa shape index (κ1) is 10.9. The Morgan fingerprint density at radius 1 is 1.41 bits per heavy atom. The molecule has 1 fully saturated rings. The first-order valence-corrected chi connectivity index (χ1v) is 6.51. The standard InChI is InChI=1S/C14H20N2O/c1-17-12-3-4-14-13(9-12)11(10-15-14)5-8-16-6-2-7-16/h3-4,9,11,15H,2,5-8,10H2,1H3. The van der Waals surface area contributed by atoms with Crippen molar-refractivity contribution in [3.05, 3.63) is 23.8 Å². The molecular weight excluding hydrogens is 212 g/mol. The Bertz CT molecular complexity index is 401. The van der Waals surface area contributed by atoms with E-state index in [0.29, 0.717) is 5.92 Å². The van der Waals surface area contributed by atoms with Gasteiger partial charge in [-0.25, -0.2) is 0 Å². The summed E-state index contributed by atoms with van der Waals surface area (Å²) < 4.78 is 5.31. The van der Waals surface area contributed by atoms with E-state index in [0.717, 1.165) is 12.3 Å². The molecular formula is C14H20N2O. The molecule has 17 heavy (non-hydrogen) atoms. The van der Waals surface area contributed by atoms with Gasteiger partial charge in [0, 0.05) is 18.2 Å². The molecule has 3 heteroatoms. The number of nitrogens with zero attached hydrogens (tertiary/aromatic N) is 1. The van der Waals surface area contributed by atoms with E-state index in [1.807, 2.05) is 6.07 Å². The fraction of sp³-hybridized carbons (Fsp3) is 0.571. The number of benzene rings is 1. The lowest BCUT2D eigenvalue weighted by molar-refractivity contribution is 0.176. The highest BCUT2D eigenvalue weighted by atomic mass is 16.5. The molecule has 3 nitrogen and oxygen atoms in total. The summed E-state index contributed by atoms with van der Waals surface area (Å²) in [7, 11) is 1.74. The molecule has 1 atom stereocenters. The molecule has 2 aliphatic rings. The first-order chi connectivity index (χ1) is 8.36. The summed E-state index contributed by atoms with van der Waals surface area (Å²) in [5.41, 5.74) is 2.73. The van der Waals surface area contributed by atoms with Crippen molar-refractivity contribution in [1.82, 2.24) is 4.90 Å². The quantitative estimate of drug-likeness (QED) is 0.862. The molecule has 1 saturated heterocycles. The molecule has 1 aromatic carbocycles. The van der Waals surface area contributed by atoms with Gasteiger partial charge in [0.25, 0.3) is 0 Å². The molecule has 1 unspecified atom stereocenters. The third kappa shape index (κ3) is 2.12. The maximum Gasteiger partial charge on any atom is 0.119 e. The molecule has 1 N–H and O–H groups in total. The number of nitrogens with one attached hydrogen (secondary N) is 1. The van der Waals surface area contributed by atoms with Crippen molar-refractivity contribution in [1.29, 1.82) is 0 Å². The Morgan fingerprint density at radius 2 is 2.29 bits per heavy atom. The highest BCUT2D eigenvalue weighted by Gasteiger charge is 2.24. The molecule has 0 aliphatic carbocycles. The van der Waals surface area contributed by atoms with Crippen LogP contribution in [-0.4, -0.2) is 38.2 Å². The summed E-state index contributed by atoms with van der Waals surface area (Å²) in [6.45, 7) is 4.91. The smallest absolute Gasteiger partial charge is 0.119 e. The van der Waals surface area contributed by atoms with E-state index < -0.39 is 0 Å². The molecule has 0 aromatic heterocycles. The van der Waals surface area contributed by atoms with Crippen molar-refractivity contribution >= 4 is 5.69 Å². The molecule has 0 spiro atoms. The van der Waals surface area contributed by atoms with Crippen molar-refractivity contribution in [3.8, 4) is 5.75 Å². The van der Waals surface area contributed by atoms with Gasteiger partial charge in [0.1, 0.15) is 5.75 Å². The van der Waals surface area contributed by atoms with Crippen LogP contribution in [0.4, 0.5) is 5.69 Å². The second-order valence-corrected chi connectivity index (χ2v) is 5.01. The van der Waals surface area contributed by atoms with E-state index in [1.165, 1.54) is 43.7 Å². The van der Waals surface area contributed by atoms with Crippen LogP contribution < -0.4 is 10.1 Å². The minimum Gasteiger partial charge on any atom is -0.497 e. The molecule has 2 heterocycles. The second-order valence-electron chi connectivity index (χ2n) is 5.01. The van der Waals surface area contributed by atoms with Crippen LogP contribution in [0.25, 0.3) is 0 Å². The van der Waals surface area contributed by atoms with Gasteiger partial charge in [0.2, 0.25) is 0 Å². The predicted molar refractivity (Wildman–Crippen MR) is 69.9 cm³/mol. The van der Waals surface area contributed by atoms with Gasteiger partial charge in [-0.15, -0.1) is 0 Å². The van der Waals surface area contributed by atoms with Gasteiger partial charge >= 0.3 is 0 Å². The molecule has 0 saturated carbocycles. The van der Waals surface area contributed by atoms with Crippen LogP contribution >= 0.6 is 0 Å². The van der Waals surface area contributed by atoms with Gasteiger partial charge in [0.15, 0.2) is 0 Å². The van der Waals surface area contributed by atoms with Crippen LogP contribution in [-0.2, 0) is 0 Å². The molecule has 3 rings (SSSR count). The van der Waals surface area contributed by atoms with E-state index >= 15 is 0 Å². The van der Waals surface area contributed by atoms with Crippen molar-refractivity contribution < 1.29 is 4.74 Å². The highest BCUT2D eigenvalue weighted by molar-refractivity contribution is 5.60. The number of methoxy groups -OCH3 is 1. The fourth-order valence-electron chi connectivity index (χ4n) is 2.71. The summed E-state index contributed by atoms with van der Waals surface area (Å²) in [5.74, 6) is 1.63. The number of anilines is 1.